The van der Waals surface area contributed by atoms with Crippen molar-refractivity contribution in [2.24, 2.45) is 5.16 Å². The second kappa shape index (κ2) is 7.31. The largest absolute Gasteiger partial charge is 0.536 e. The van der Waals surface area contributed by atoms with Crippen LogP contribution in [0, 0.1) is 10.1 Å². The molecule has 0 fully saturated rings. The molecule has 2 rings (SSSR count). The Kier molecular flexibility index (Phi) is 5.56. The van der Waals surface area contributed by atoms with Crippen molar-refractivity contribution in [3.8, 4) is 0 Å². The molecule has 156 valence electrons. The van der Waals surface area contributed by atoms with Crippen molar-refractivity contribution < 1.29 is 48.8 Å². The number of hydrogen-bond acceptors (Lipinski definition) is 7. The van der Waals surface area contributed by atoms with Crippen LogP contribution in [-0.2, 0) is 14.4 Å². The van der Waals surface area contributed by atoms with Gasteiger partial charge in [0, 0.05) is 11.6 Å². The summed E-state index contributed by atoms with van der Waals surface area (Å²) in [4.78, 5) is 22.4. The Bertz CT molecular complexity index is 1120. The van der Waals surface area contributed by atoms with Gasteiger partial charge in [0.25, 0.3) is 5.69 Å². The molecule has 0 aliphatic rings. The number of hydrogen-bond donors (Lipinski definition) is 0. The third-order valence-corrected chi connectivity index (χ3v) is 4.17. The highest BCUT2D eigenvalue weighted by molar-refractivity contribution is 7.87. The highest BCUT2D eigenvalue weighted by atomic mass is 32.2. The Labute approximate surface area is 156 Å². The van der Waals surface area contributed by atoms with Gasteiger partial charge < -0.3 is 0 Å². The van der Waals surface area contributed by atoms with Crippen LogP contribution in [0.4, 0.5) is 32.0 Å². The number of fused-ring (bicyclic) bond motifs is 1. The molecular weight excluding hydrogens is 438 g/mol. The number of oxime groups is 1. The fourth-order valence-corrected chi connectivity index (χ4v) is 2.38. The molecule has 0 bridgehead atoms. The van der Waals surface area contributed by atoms with E-state index in [9.17, 15) is 49.7 Å². The topological polar surface area (TPSA) is 116 Å². The highest BCUT2D eigenvalue weighted by Gasteiger charge is 2.50. The maximum absolute atomic E-state index is 13.1. The maximum Gasteiger partial charge on any atom is 0.536 e. The number of non-ortho nitro benzene ring substituents is 1. The molecule has 29 heavy (non-hydrogen) atoms. The lowest BCUT2D eigenvalue weighted by Crippen LogP contribution is -2.33. The number of nitrogens with zero attached hydrogens (tertiary/aromatic N) is 2. The van der Waals surface area contributed by atoms with Gasteiger partial charge in [0.1, 0.15) is 0 Å². The van der Waals surface area contributed by atoms with Crippen LogP contribution < -0.4 is 0 Å². The molecule has 2 aromatic carbocycles. The van der Waals surface area contributed by atoms with Crippen LogP contribution in [0.25, 0.3) is 10.8 Å². The van der Waals surface area contributed by atoms with Crippen molar-refractivity contribution in [1.82, 2.24) is 0 Å². The first kappa shape index (κ1) is 22.1. The Morgan fingerprint density at radius 2 is 1.55 bits per heavy atom. The number of nitro groups is 1. The van der Waals surface area contributed by atoms with Crippen LogP contribution in [0.3, 0.4) is 0 Å². The van der Waals surface area contributed by atoms with Crippen molar-refractivity contribution in [3.05, 3.63) is 52.1 Å². The van der Waals surface area contributed by atoms with E-state index in [0.717, 1.165) is 12.1 Å². The number of benzene rings is 2. The minimum Gasteiger partial charge on any atom is -0.287 e. The predicted molar refractivity (Wildman–Crippen MR) is 84.5 cm³/mol. The van der Waals surface area contributed by atoms with Gasteiger partial charge in [-0.3, -0.25) is 19.2 Å². The van der Waals surface area contributed by atoms with Crippen LogP contribution in [0.1, 0.15) is 10.4 Å². The monoisotopic (exact) mass is 444 g/mol. The van der Waals surface area contributed by atoms with Gasteiger partial charge in [-0.1, -0.05) is 23.4 Å². The van der Waals surface area contributed by atoms with E-state index < -0.39 is 49.5 Å². The first-order chi connectivity index (χ1) is 13.2. The number of carbonyl (C=O) groups is 1. The third kappa shape index (κ3) is 4.44. The summed E-state index contributed by atoms with van der Waals surface area (Å²) in [5, 5.41) is 12.3. The van der Waals surface area contributed by atoms with E-state index in [1.165, 1.54) is 12.1 Å². The first-order valence-corrected chi connectivity index (χ1v) is 8.43. The summed E-state index contributed by atoms with van der Waals surface area (Å²) in [6.07, 6.45) is -5.71. The number of Topliss-reactive ketones (excluding diaryl/α,β-unsaturated/α-hetero) is 1. The van der Waals surface area contributed by atoms with Gasteiger partial charge in [-0.25, -0.2) is 0 Å². The SMILES string of the molecule is O=C(/C(=N/OS(=O)(=O)C(F)(F)F)C(F)(F)F)c1ccc([N+](=O)[O-])c2ccccc12. The van der Waals surface area contributed by atoms with Crippen molar-refractivity contribution >= 4 is 38.1 Å². The summed E-state index contributed by atoms with van der Waals surface area (Å²) in [6, 6.07) is 6.04. The standard InChI is InChI=1S/C14H6F6N2O6S/c15-13(16,17)12(21-28-29(26,27)14(18,19)20)11(23)9-5-6-10(22(24)25)8-4-2-1-3-7(8)9/h1-6H/b21-12-. The Hall–Kier alpha value is -3.23. The molecule has 15 heteroatoms. The van der Waals surface area contributed by atoms with E-state index >= 15 is 0 Å². The van der Waals surface area contributed by atoms with E-state index in [1.54, 1.807) is 0 Å². The molecule has 8 nitrogen and oxygen atoms in total. The zero-order valence-corrected chi connectivity index (χ0v) is 14.3. The molecular formula is C14H6F6N2O6S. The molecule has 2 aromatic rings. The molecule has 0 amide bonds. The molecule has 0 aliphatic carbocycles. The van der Waals surface area contributed by atoms with E-state index in [4.69, 9.17) is 0 Å². The summed E-state index contributed by atoms with van der Waals surface area (Å²) in [5.41, 5.74) is -10.1. The summed E-state index contributed by atoms with van der Waals surface area (Å²) >= 11 is 0. The Morgan fingerprint density at radius 1 is 1.00 bits per heavy atom. The Morgan fingerprint density at radius 3 is 2.03 bits per heavy atom. The van der Waals surface area contributed by atoms with Crippen molar-refractivity contribution in [2.45, 2.75) is 11.7 Å². The molecule has 0 aliphatic heterocycles. The van der Waals surface area contributed by atoms with E-state index in [1.807, 2.05) is 5.16 Å². The zero-order valence-electron chi connectivity index (χ0n) is 13.5. The van der Waals surface area contributed by atoms with Crippen LogP contribution >= 0.6 is 0 Å². The molecule has 0 N–H and O–H groups in total. The number of alkyl halides is 6. The van der Waals surface area contributed by atoms with Gasteiger partial charge in [0.05, 0.1) is 10.3 Å². The van der Waals surface area contributed by atoms with E-state index in [-0.39, 0.29) is 10.8 Å². The lowest BCUT2D eigenvalue weighted by molar-refractivity contribution is -0.383. The van der Waals surface area contributed by atoms with Crippen LogP contribution in [0.15, 0.2) is 41.6 Å². The molecule has 0 radical (unpaired) electrons. The Balaban J connectivity index is 2.64. The molecule has 0 saturated carbocycles. The molecule has 0 saturated heterocycles. The highest BCUT2D eigenvalue weighted by Crippen LogP contribution is 2.31. The minimum atomic E-state index is -6.56. The quantitative estimate of drug-likeness (QED) is 0.173. The average molecular weight is 444 g/mol. The second-order valence-electron chi connectivity index (χ2n) is 5.18. The van der Waals surface area contributed by atoms with Gasteiger partial charge in [-0.05, 0) is 17.5 Å². The van der Waals surface area contributed by atoms with Gasteiger partial charge >= 0.3 is 21.8 Å². The van der Waals surface area contributed by atoms with Gasteiger partial charge in [-0.15, -0.1) is 0 Å². The summed E-state index contributed by atoms with van der Waals surface area (Å²) in [6.45, 7) is 0. The first-order valence-electron chi connectivity index (χ1n) is 7.03. The number of carbonyl (C=O) groups excluding carboxylic acids is 1. The third-order valence-electron chi connectivity index (χ3n) is 3.34. The lowest BCUT2D eigenvalue weighted by Gasteiger charge is -2.11. The van der Waals surface area contributed by atoms with E-state index in [0.29, 0.717) is 12.1 Å². The summed E-state index contributed by atoms with van der Waals surface area (Å²) in [5.74, 6) is -2.05. The van der Waals surface area contributed by atoms with Crippen molar-refractivity contribution in [1.29, 1.82) is 0 Å². The fourth-order valence-electron chi connectivity index (χ4n) is 2.12. The lowest BCUT2D eigenvalue weighted by atomic mass is 9.97. The maximum atomic E-state index is 13.1. The zero-order chi connectivity index (χ0) is 22.2. The number of ketones is 1. The van der Waals surface area contributed by atoms with Crippen LogP contribution in [0.5, 0.6) is 0 Å². The molecule has 0 atom stereocenters. The van der Waals surface area contributed by atoms with Crippen LogP contribution in [0.2, 0.25) is 0 Å². The fraction of sp³-hybridized carbons (Fsp3) is 0.143. The predicted octanol–water partition coefficient (Wildman–Crippen LogP) is 3.72. The van der Waals surface area contributed by atoms with Gasteiger partial charge in [-0.2, -0.15) is 34.8 Å². The van der Waals surface area contributed by atoms with Gasteiger partial charge in [0.15, 0.2) is 0 Å². The molecule has 0 heterocycles. The molecule has 0 spiro atoms. The number of nitro benzene ring substituents is 1. The van der Waals surface area contributed by atoms with Crippen molar-refractivity contribution in [2.75, 3.05) is 0 Å². The normalized spacial score (nSPS) is 13.4. The molecule has 0 unspecified atom stereocenters. The number of rotatable bonds is 5. The van der Waals surface area contributed by atoms with Crippen molar-refractivity contribution in [3.63, 3.8) is 0 Å². The molecule has 0 aromatic heterocycles. The smallest absolute Gasteiger partial charge is 0.287 e. The summed E-state index contributed by atoms with van der Waals surface area (Å²) in [7, 11) is -6.56. The van der Waals surface area contributed by atoms with Crippen LogP contribution in [-0.4, -0.2) is 36.5 Å². The second-order valence-corrected chi connectivity index (χ2v) is 6.70. The summed E-state index contributed by atoms with van der Waals surface area (Å²) < 4.78 is 101. The van der Waals surface area contributed by atoms with E-state index in [2.05, 4.69) is 4.28 Å². The van der Waals surface area contributed by atoms with Gasteiger partial charge in [0.2, 0.25) is 11.5 Å². The number of halogens is 6. The minimum absolute atomic E-state index is 0.242. The average Bonchev–Trinajstić information content (AvgIpc) is 2.58.